The van der Waals surface area contributed by atoms with Crippen LogP contribution in [0.3, 0.4) is 0 Å². The number of nitrogens with two attached hydrogens (primary N) is 1. The second-order valence-electron chi connectivity index (χ2n) is 5.71. The summed E-state index contributed by atoms with van der Waals surface area (Å²) in [5.41, 5.74) is 4.09. The maximum Gasteiger partial charge on any atom is 0.558 e. The topological polar surface area (TPSA) is 80.2 Å². The number of halogens is 3. The van der Waals surface area contributed by atoms with E-state index in [9.17, 15) is 18.0 Å². The van der Waals surface area contributed by atoms with Gasteiger partial charge in [0.1, 0.15) is 11.8 Å². The number of quaternary nitrogens is 1. The summed E-state index contributed by atoms with van der Waals surface area (Å²) in [7, 11) is 1.45. The molecule has 1 atom stereocenters. The molecular weight excluding hydrogens is 349 g/mol. The third-order valence-corrected chi connectivity index (χ3v) is 3.99. The van der Waals surface area contributed by atoms with Crippen molar-refractivity contribution in [1.29, 1.82) is 0 Å². The molecule has 1 heterocycles. The van der Waals surface area contributed by atoms with Crippen LogP contribution in [0, 0.1) is 0 Å². The van der Waals surface area contributed by atoms with Gasteiger partial charge in [-0.15, -0.1) is 13.2 Å². The summed E-state index contributed by atoms with van der Waals surface area (Å²) in [6.45, 7) is 0. The molecule has 0 aliphatic heterocycles. The first kappa shape index (κ1) is 17.9. The second-order valence-corrected chi connectivity index (χ2v) is 5.71. The van der Waals surface area contributed by atoms with Crippen LogP contribution < -0.4 is 15.5 Å². The molecule has 1 aromatic heterocycles. The summed E-state index contributed by atoms with van der Waals surface area (Å²) in [5.74, 6) is -0.0196. The van der Waals surface area contributed by atoms with Crippen molar-refractivity contribution in [3.63, 3.8) is 0 Å². The fourth-order valence-electron chi connectivity index (χ4n) is 2.83. The SMILES string of the molecule is COc1ccc2c(c1)[C@@H]([NH2+]C(F)(F)F)C/C2=N/NC(=O)c1cccnc1. The highest BCUT2D eigenvalue weighted by Crippen LogP contribution is 2.32. The molecule has 0 unspecified atom stereocenters. The Labute approximate surface area is 147 Å². The number of ether oxygens (including phenoxy) is 1. The maximum absolute atomic E-state index is 12.8. The number of pyridine rings is 1. The van der Waals surface area contributed by atoms with E-state index in [1.54, 1.807) is 30.3 Å². The van der Waals surface area contributed by atoms with Gasteiger partial charge in [0, 0.05) is 29.9 Å². The van der Waals surface area contributed by atoms with Gasteiger partial charge in [-0.3, -0.25) is 9.78 Å². The van der Waals surface area contributed by atoms with Gasteiger partial charge < -0.3 is 4.74 Å². The van der Waals surface area contributed by atoms with Crippen LogP contribution in [0.25, 0.3) is 0 Å². The van der Waals surface area contributed by atoms with Gasteiger partial charge >= 0.3 is 6.30 Å². The zero-order valence-electron chi connectivity index (χ0n) is 13.7. The largest absolute Gasteiger partial charge is 0.558 e. The average Bonchev–Trinajstić information content (AvgIpc) is 2.95. The van der Waals surface area contributed by atoms with Crippen molar-refractivity contribution in [3.05, 3.63) is 59.4 Å². The van der Waals surface area contributed by atoms with Crippen molar-refractivity contribution < 1.29 is 28.0 Å². The highest BCUT2D eigenvalue weighted by molar-refractivity contribution is 6.06. The van der Waals surface area contributed by atoms with Crippen LogP contribution in [-0.4, -0.2) is 30.0 Å². The number of amides is 1. The lowest BCUT2D eigenvalue weighted by atomic mass is 10.1. The maximum atomic E-state index is 12.8. The minimum atomic E-state index is -4.42. The molecule has 1 aliphatic carbocycles. The predicted octanol–water partition coefficient (Wildman–Crippen LogP) is 1.75. The van der Waals surface area contributed by atoms with E-state index in [0.29, 0.717) is 33.5 Å². The van der Waals surface area contributed by atoms with Crippen LogP contribution in [0.5, 0.6) is 5.75 Å². The highest BCUT2D eigenvalue weighted by atomic mass is 19.4. The smallest absolute Gasteiger partial charge is 0.497 e. The van der Waals surface area contributed by atoms with Gasteiger partial charge in [-0.05, 0) is 30.3 Å². The van der Waals surface area contributed by atoms with Gasteiger partial charge in [0.05, 0.1) is 18.4 Å². The molecule has 0 saturated carbocycles. The van der Waals surface area contributed by atoms with Gasteiger partial charge in [0.15, 0.2) is 0 Å². The minimum absolute atomic E-state index is 0.0370. The van der Waals surface area contributed by atoms with Crippen molar-refractivity contribution >= 4 is 11.6 Å². The third kappa shape index (κ3) is 3.99. The number of carbonyl (C=O) groups excluding carboxylic acids is 1. The number of fused-ring (bicyclic) bond motifs is 1. The Morgan fingerprint density at radius 2 is 2.19 bits per heavy atom. The number of hydrogen-bond donors (Lipinski definition) is 2. The molecule has 26 heavy (non-hydrogen) atoms. The van der Waals surface area contributed by atoms with Crippen LogP contribution in [0.2, 0.25) is 0 Å². The summed E-state index contributed by atoms with van der Waals surface area (Å²) in [6, 6.07) is 7.15. The van der Waals surface area contributed by atoms with E-state index in [1.807, 2.05) is 0 Å². The van der Waals surface area contributed by atoms with E-state index in [1.165, 1.54) is 19.5 Å². The second kappa shape index (κ2) is 7.12. The van der Waals surface area contributed by atoms with Gasteiger partial charge in [0.25, 0.3) is 5.91 Å². The number of nitrogens with zero attached hydrogens (tertiary/aromatic N) is 2. The van der Waals surface area contributed by atoms with Gasteiger partial charge in [0.2, 0.25) is 0 Å². The molecule has 6 nitrogen and oxygen atoms in total. The predicted molar refractivity (Wildman–Crippen MR) is 86.6 cm³/mol. The summed E-state index contributed by atoms with van der Waals surface area (Å²) < 4.78 is 43.6. The Morgan fingerprint density at radius 3 is 2.85 bits per heavy atom. The van der Waals surface area contributed by atoms with Crippen LogP contribution in [0.1, 0.15) is 33.9 Å². The minimum Gasteiger partial charge on any atom is -0.497 e. The van der Waals surface area contributed by atoms with Gasteiger partial charge in [-0.25, -0.2) is 10.7 Å². The average molecular weight is 365 g/mol. The molecule has 3 rings (SSSR count). The van der Waals surface area contributed by atoms with Crippen molar-refractivity contribution in [2.45, 2.75) is 18.8 Å². The molecule has 2 aromatic rings. The van der Waals surface area contributed by atoms with E-state index >= 15 is 0 Å². The molecule has 9 heteroatoms. The summed E-state index contributed by atoms with van der Waals surface area (Å²) >= 11 is 0. The van der Waals surface area contributed by atoms with Crippen molar-refractivity contribution in [2.75, 3.05) is 7.11 Å². The molecule has 3 N–H and O–H groups in total. The van der Waals surface area contributed by atoms with Crippen molar-refractivity contribution in [2.24, 2.45) is 5.10 Å². The van der Waals surface area contributed by atoms with Gasteiger partial charge in [-0.2, -0.15) is 5.10 Å². The Bertz CT molecular complexity index is 838. The monoisotopic (exact) mass is 365 g/mol. The first-order valence-corrected chi connectivity index (χ1v) is 7.75. The summed E-state index contributed by atoms with van der Waals surface area (Å²) in [5, 5.41) is 4.37. The molecule has 0 fully saturated rings. The zero-order valence-corrected chi connectivity index (χ0v) is 13.7. The standard InChI is InChI=1S/C17H15F3N4O2/c1-26-11-4-5-12-13(7-11)14(22-17(18,19)20)8-15(12)23-24-16(25)10-3-2-6-21-9-10/h2-7,9,14,22H,8H2,1H3,(H,24,25)/p+1/b23-15-/t14-/m0/s1. The highest BCUT2D eigenvalue weighted by Gasteiger charge is 2.42. The molecule has 0 spiro atoms. The molecule has 136 valence electrons. The molecule has 1 amide bonds. The van der Waals surface area contributed by atoms with Crippen molar-refractivity contribution in [1.82, 2.24) is 10.4 Å². The van der Waals surface area contributed by atoms with E-state index in [-0.39, 0.29) is 6.42 Å². The quantitative estimate of drug-likeness (QED) is 0.640. The number of hydrogen-bond acceptors (Lipinski definition) is 4. The lowest BCUT2D eigenvalue weighted by molar-refractivity contribution is -0.840. The summed E-state index contributed by atoms with van der Waals surface area (Å²) in [4.78, 5) is 15.9. The van der Waals surface area contributed by atoms with E-state index < -0.39 is 18.2 Å². The number of alkyl halides is 3. The fourth-order valence-corrected chi connectivity index (χ4v) is 2.83. The molecule has 0 bridgehead atoms. The molecular formula is C17H16F3N4O2+. The van der Waals surface area contributed by atoms with Crippen LogP contribution >= 0.6 is 0 Å². The lowest BCUT2D eigenvalue weighted by Crippen LogP contribution is -2.93. The van der Waals surface area contributed by atoms with E-state index in [2.05, 4.69) is 15.5 Å². The normalized spacial score (nSPS) is 17.8. The van der Waals surface area contributed by atoms with E-state index in [0.717, 1.165) is 0 Å². The van der Waals surface area contributed by atoms with Gasteiger partial charge in [-0.1, -0.05) is 0 Å². The summed E-state index contributed by atoms with van der Waals surface area (Å²) in [6.07, 6.45) is -1.47. The number of benzene rings is 1. The number of carbonyl (C=O) groups is 1. The fraction of sp³-hybridized carbons (Fsp3) is 0.235. The first-order valence-electron chi connectivity index (χ1n) is 7.75. The number of rotatable bonds is 4. The Morgan fingerprint density at radius 1 is 1.38 bits per heavy atom. The first-order chi connectivity index (χ1) is 12.4. The number of nitrogens with one attached hydrogen (secondary N) is 1. The number of aromatic nitrogens is 1. The van der Waals surface area contributed by atoms with Crippen LogP contribution in [-0.2, 0) is 0 Å². The number of methoxy groups -OCH3 is 1. The Balaban J connectivity index is 1.86. The number of hydrazone groups is 1. The Kier molecular flexibility index (Phi) is 4.90. The molecule has 0 radical (unpaired) electrons. The molecule has 0 saturated heterocycles. The van der Waals surface area contributed by atoms with E-state index in [4.69, 9.17) is 4.74 Å². The van der Waals surface area contributed by atoms with Crippen LogP contribution in [0.4, 0.5) is 13.2 Å². The van der Waals surface area contributed by atoms with Crippen molar-refractivity contribution in [3.8, 4) is 5.75 Å². The Hall–Kier alpha value is -2.94. The zero-order chi connectivity index (χ0) is 18.7. The third-order valence-electron chi connectivity index (χ3n) is 3.99. The lowest BCUT2D eigenvalue weighted by Gasteiger charge is -2.12. The molecule has 1 aliphatic rings. The van der Waals surface area contributed by atoms with Crippen LogP contribution in [0.15, 0.2) is 47.8 Å². The molecule has 1 aromatic carbocycles.